The van der Waals surface area contributed by atoms with Crippen molar-refractivity contribution in [3.8, 4) is 0 Å². The van der Waals surface area contributed by atoms with Crippen LogP contribution in [-0.2, 0) is 15.6 Å². The molecule has 0 aliphatic heterocycles. The third-order valence-corrected chi connectivity index (χ3v) is 4.32. The highest BCUT2D eigenvalue weighted by Crippen LogP contribution is 2.20. The van der Waals surface area contributed by atoms with Crippen LogP contribution in [0, 0.1) is 0 Å². The van der Waals surface area contributed by atoms with Crippen molar-refractivity contribution >= 4 is 25.6 Å². The molecule has 1 heterocycles. The first kappa shape index (κ1) is 17.0. The first-order valence-corrected chi connectivity index (χ1v) is 9.10. The highest BCUT2D eigenvalue weighted by atomic mass is 35.7. The number of aryl methyl sites for hydroxylation is 1. The Balaban J connectivity index is 3.21. The van der Waals surface area contributed by atoms with Crippen molar-refractivity contribution in [1.29, 1.82) is 0 Å². The number of rotatable bonds is 7. The van der Waals surface area contributed by atoms with Gasteiger partial charge in [0.25, 0.3) is 15.0 Å². The molecule has 1 amide bonds. The van der Waals surface area contributed by atoms with Crippen molar-refractivity contribution in [2.45, 2.75) is 45.1 Å². The molecule has 0 aliphatic carbocycles. The molecule has 7 heteroatoms. The van der Waals surface area contributed by atoms with Gasteiger partial charge in [0, 0.05) is 36.5 Å². The maximum Gasteiger partial charge on any atom is 0.270 e. The van der Waals surface area contributed by atoms with Gasteiger partial charge in [-0.2, -0.15) is 0 Å². The Bertz CT molecular complexity index is 566. The van der Waals surface area contributed by atoms with Crippen LogP contribution in [0.2, 0.25) is 0 Å². The fourth-order valence-electron chi connectivity index (χ4n) is 2.06. The molecule has 0 spiro atoms. The molecule has 0 saturated carbocycles. The van der Waals surface area contributed by atoms with Crippen LogP contribution in [-0.4, -0.2) is 36.9 Å². The summed E-state index contributed by atoms with van der Waals surface area (Å²) < 4.78 is 24.5. The van der Waals surface area contributed by atoms with Crippen molar-refractivity contribution in [2.75, 3.05) is 13.1 Å². The summed E-state index contributed by atoms with van der Waals surface area (Å²) in [5, 5.41) is 0. The average molecular weight is 321 g/mol. The minimum atomic E-state index is -3.82. The second kappa shape index (κ2) is 7.13. The molecule has 1 rings (SSSR count). The number of carbonyl (C=O) groups excluding carboxylic acids is 1. The Labute approximate surface area is 124 Å². The third kappa shape index (κ3) is 3.99. The van der Waals surface area contributed by atoms with E-state index in [1.807, 2.05) is 20.8 Å². The molecule has 0 aromatic carbocycles. The lowest BCUT2D eigenvalue weighted by molar-refractivity contribution is 0.0753. The van der Waals surface area contributed by atoms with Crippen LogP contribution in [0.3, 0.4) is 0 Å². The summed E-state index contributed by atoms with van der Waals surface area (Å²) in [4.78, 5) is 14.1. The lowest BCUT2D eigenvalue weighted by Gasteiger charge is -2.20. The maximum absolute atomic E-state index is 12.5. The van der Waals surface area contributed by atoms with Gasteiger partial charge in [-0.25, -0.2) is 8.42 Å². The molecular weight excluding hydrogens is 300 g/mol. The number of hydrogen-bond acceptors (Lipinski definition) is 3. The summed E-state index contributed by atoms with van der Waals surface area (Å²) >= 11 is 0. The van der Waals surface area contributed by atoms with E-state index in [0.29, 0.717) is 25.3 Å². The zero-order chi connectivity index (χ0) is 15.3. The Kier molecular flexibility index (Phi) is 6.07. The number of hydrogen-bond donors (Lipinski definition) is 0. The van der Waals surface area contributed by atoms with Gasteiger partial charge in [0.15, 0.2) is 0 Å². The highest BCUT2D eigenvalue weighted by Gasteiger charge is 2.22. The molecule has 5 nitrogen and oxygen atoms in total. The zero-order valence-electron chi connectivity index (χ0n) is 12.1. The van der Waals surface area contributed by atoms with Crippen LogP contribution in [0.1, 0.15) is 44.1 Å². The first-order valence-electron chi connectivity index (χ1n) is 6.79. The molecule has 0 aliphatic rings. The summed E-state index contributed by atoms with van der Waals surface area (Å²) in [6.07, 6.45) is 3.09. The molecule has 0 saturated heterocycles. The van der Waals surface area contributed by atoms with Crippen LogP contribution >= 0.6 is 10.7 Å². The summed E-state index contributed by atoms with van der Waals surface area (Å²) in [5.41, 5.74) is 0.376. The van der Waals surface area contributed by atoms with Gasteiger partial charge in [0.1, 0.15) is 10.6 Å². The highest BCUT2D eigenvalue weighted by molar-refractivity contribution is 8.13. The van der Waals surface area contributed by atoms with Crippen molar-refractivity contribution in [1.82, 2.24) is 9.47 Å². The van der Waals surface area contributed by atoms with Crippen LogP contribution in [0.4, 0.5) is 0 Å². The topological polar surface area (TPSA) is 59.4 Å². The SMILES string of the molecule is CCCN(CC)C(=O)c1cc(S(=O)(=O)Cl)cn1CCC. The molecule has 0 atom stereocenters. The molecule has 114 valence electrons. The normalized spacial score (nSPS) is 11.6. The van der Waals surface area contributed by atoms with E-state index in [0.717, 1.165) is 12.8 Å². The lowest BCUT2D eigenvalue weighted by atomic mass is 10.3. The minimum Gasteiger partial charge on any atom is -0.342 e. The van der Waals surface area contributed by atoms with E-state index < -0.39 is 9.05 Å². The second-order valence-corrected chi connectivity index (χ2v) is 7.14. The fraction of sp³-hybridized carbons (Fsp3) is 0.615. The van der Waals surface area contributed by atoms with Gasteiger partial charge in [0.2, 0.25) is 0 Å². The van der Waals surface area contributed by atoms with Crippen molar-refractivity contribution in [2.24, 2.45) is 0 Å². The molecule has 0 fully saturated rings. The quantitative estimate of drug-likeness (QED) is 0.726. The Morgan fingerprint density at radius 1 is 1.30 bits per heavy atom. The fourth-order valence-corrected chi connectivity index (χ4v) is 2.82. The summed E-state index contributed by atoms with van der Waals surface area (Å²) in [7, 11) is 1.54. The molecule has 0 bridgehead atoms. The second-order valence-electron chi connectivity index (χ2n) is 4.58. The molecule has 20 heavy (non-hydrogen) atoms. The molecule has 1 aromatic heterocycles. The summed E-state index contributed by atoms with van der Waals surface area (Å²) in [6.45, 7) is 7.68. The van der Waals surface area contributed by atoms with E-state index in [-0.39, 0.29) is 10.8 Å². The standard InChI is InChI=1S/C13H21ClN2O3S/c1-4-7-15(6-3)13(17)12-9-11(20(14,18)19)10-16(12)8-5-2/h9-10H,4-8H2,1-3H3. The van der Waals surface area contributed by atoms with Gasteiger partial charge < -0.3 is 9.47 Å². The maximum atomic E-state index is 12.5. The van der Waals surface area contributed by atoms with E-state index in [9.17, 15) is 13.2 Å². The Morgan fingerprint density at radius 3 is 2.40 bits per heavy atom. The van der Waals surface area contributed by atoms with Gasteiger partial charge >= 0.3 is 0 Å². The van der Waals surface area contributed by atoms with E-state index in [4.69, 9.17) is 10.7 Å². The van der Waals surface area contributed by atoms with Crippen LogP contribution in [0.15, 0.2) is 17.2 Å². The van der Waals surface area contributed by atoms with Crippen molar-refractivity contribution < 1.29 is 13.2 Å². The predicted octanol–water partition coefficient (Wildman–Crippen LogP) is 2.70. The van der Waals surface area contributed by atoms with E-state index in [2.05, 4.69) is 0 Å². The molecule has 0 radical (unpaired) electrons. The van der Waals surface area contributed by atoms with E-state index in [1.165, 1.54) is 12.3 Å². The monoisotopic (exact) mass is 320 g/mol. The van der Waals surface area contributed by atoms with Gasteiger partial charge in [-0.3, -0.25) is 4.79 Å². The number of carbonyl (C=O) groups is 1. The number of amides is 1. The van der Waals surface area contributed by atoms with Crippen molar-refractivity contribution in [3.05, 3.63) is 18.0 Å². The summed E-state index contributed by atoms with van der Waals surface area (Å²) in [5.74, 6) is -0.158. The van der Waals surface area contributed by atoms with Crippen LogP contribution in [0.5, 0.6) is 0 Å². The van der Waals surface area contributed by atoms with Crippen LogP contribution < -0.4 is 0 Å². The van der Waals surface area contributed by atoms with Gasteiger partial charge in [-0.1, -0.05) is 13.8 Å². The van der Waals surface area contributed by atoms with E-state index >= 15 is 0 Å². The first-order chi connectivity index (χ1) is 9.35. The third-order valence-electron chi connectivity index (χ3n) is 3.00. The summed E-state index contributed by atoms with van der Waals surface area (Å²) in [6, 6.07) is 1.36. The Hall–Kier alpha value is -1.01. The Morgan fingerprint density at radius 2 is 1.95 bits per heavy atom. The van der Waals surface area contributed by atoms with Gasteiger partial charge in [-0.15, -0.1) is 0 Å². The zero-order valence-corrected chi connectivity index (χ0v) is 13.7. The number of halogens is 1. The van der Waals surface area contributed by atoms with Gasteiger partial charge in [0.05, 0.1) is 0 Å². The smallest absolute Gasteiger partial charge is 0.270 e. The van der Waals surface area contributed by atoms with Gasteiger partial charge in [-0.05, 0) is 25.8 Å². The predicted molar refractivity (Wildman–Crippen MR) is 79.6 cm³/mol. The van der Waals surface area contributed by atoms with Crippen LogP contribution in [0.25, 0.3) is 0 Å². The lowest BCUT2D eigenvalue weighted by Crippen LogP contribution is -2.33. The van der Waals surface area contributed by atoms with E-state index in [1.54, 1.807) is 9.47 Å². The molecule has 0 N–H and O–H groups in total. The molecule has 0 unspecified atom stereocenters. The van der Waals surface area contributed by atoms with Crippen molar-refractivity contribution in [3.63, 3.8) is 0 Å². The molecular formula is C13H21ClN2O3S. The largest absolute Gasteiger partial charge is 0.342 e. The number of aromatic nitrogens is 1. The average Bonchev–Trinajstić information content (AvgIpc) is 2.79. The number of nitrogens with zero attached hydrogens (tertiary/aromatic N) is 2. The minimum absolute atomic E-state index is 0.0245. The molecule has 1 aromatic rings.